The van der Waals surface area contributed by atoms with Crippen LogP contribution in [-0.2, 0) is 11.0 Å². The summed E-state index contributed by atoms with van der Waals surface area (Å²) in [6.45, 7) is 6.73. The second kappa shape index (κ2) is 10.5. The normalized spacial score (nSPS) is 13.7. The Labute approximate surface area is 202 Å². The van der Waals surface area contributed by atoms with Gasteiger partial charge in [-0.2, -0.15) is 0 Å². The van der Waals surface area contributed by atoms with Crippen molar-refractivity contribution in [2.24, 2.45) is 5.41 Å². The van der Waals surface area contributed by atoms with Crippen molar-refractivity contribution in [2.45, 2.75) is 39.5 Å². The van der Waals surface area contributed by atoms with Gasteiger partial charge < -0.3 is 14.1 Å². The van der Waals surface area contributed by atoms with E-state index in [1.165, 1.54) is 12.1 Å². The van der Waals surface area contributed by atoms with Gasteiger partial charge in [0.2, 0.25) is 0 Å². The fourth-order valence-corrected chi connectivity index (χ4v) is 6.20. The Kier molecular flexibility index (Phi) is 7.41. The van der Waals surface area contributed by atoms with Crippen LogP contribution in [0.1, 0.15) is 44.4 Å². The lowest BCUT2D eigenvalue weighted by molar-refractivity contribution is 0.0735. The van der Waals surface area contributed by atoms with Crippen LogP contribution in [0.5, 0.6) is 0 Å². The van der Waals surface area contributed by atoms with Crippen molar-refractivity contribution in [3.8, 4) is 0 Å². The topological polar surface area (TPSA) is 47.3 Å². The largest absolute Gasteiger partial charge is 0.396 e. The average Bonchev–Trinajstić information content (AvgIpc) is 3.27. The Morgan fingerprint density at radius 3 is 2.00 bits per heavy atom. The van der Waals surface area contributed by atoms with Crippen LogP contribution in [0.25, 0.3) is 0 Å². The molecule has 1 heterocycles. The van der Waals surface area contributed by atoms with Gasteiger partial charge >= 0.3 is 0 Å². The zero-order valence-electron chi connectivity index (χ0n) is 19.7. The molecule has 0 aliphatic carbocycles. The predicted octanol–water partition coefficient (Wildman–Crippen LogP) is 4.67. The third kappa shape index (κ3) is 5.70. The number of hydrogen-bond donors (Lipinski definition) is 1. The molecule has 0 spiro atoms. The number of nitrogens with zero attached hydrogens (tertiary/aromatic N) is 2. The molecule has 0 saturated carbocycles. The van der Waals surface area contributed by atoms with E-state index in [1.807, 2.05) is 47.2 Å². The van der Waals surface area contributed by atoms with Crippen molar-refractivity contribution in [3.63, 3.8) is 0 Å². The molecule has 4 rings (SSSR count). The lowest BCUT2D eigenvalue weighted by atomic mass is 9.88. The number of benzene rings is 3. The van der Waals surface area contributed by atoms with E-state index in [4.69, 9.17) is 4.43 Å². The van der Waals surface area contributed by atoms with Crippen molar-refractivity contribution < 1.29 is 13.9 Å². The highest BCUT2D eigenvalue weighted by Crippen LogP contribution is 2.36. The third-order valence-corrected chi connectivity index (χ3v) is 7.89. The van der Waals surface area contributed by atoms with Gasteiger partial charge in [-0.25, -0.2) is 9.37 Å². The highest BCUT2D eigenvalue weighted by atomic mass is 28.3. The monoisotopic (exact) mass is 473 g/mol. The van der Waals surface area contributed by atoms with Crippen LogP contribution in [0.4, 0.5) is 4.39 Å². The molecule has 4 aromatic rings. The molecule has 0 saturated heterocycles. The number of hydrogen-bond acceptors (Lipinski definition) is 3. The van der Waals surface area contributed by atoms with Crippen molar-refractivity contribution in [2.75, 3.05) is 0 Å². The SMILES string of the molecule is CC(C)(C)C(O[Si](c1ccccc1)c1ccccc1)c1nccn1CC(O)c1ccc(F)cc1. The first-order valence-corrected chi connectivity index (χ1v) is 12.8. The zero-order valence-corrected chi connectivity index (χ0v) is 20.7. The molecule has 0 aliphatic heterocycles. The number of halogens is 1. The summed E-state index contributed by atoms with van der Waals surface area (Å²) >= 11 is 0. The van der Waals surface area contributed by atoms with E-state index in [0.717, 1.165) is 16.2 Å². The van der Waals surface area contributed by atoms with E-state index in [2.05, 4.69) is 50.0 Å². The van der Waals surface area contributed by atoms with Gasteiger partial charge in [-0.15, -0.1) is 0 Å². The maximum absolute atomic E-state index is 13.3. The van der Waals surface area contributed by atoms with Gasteiger partial charge in [0.1, 0.15) is 17.7 Å². The van der Waals surface area contributed by atoms with Crippen molar-refractivity contribution in [1.82, 2.24) is 9.55 Å². The highest BCUT2D eigenvalue weighted by molar-refractivity contribution is 6.80. The fraction of sp³-hybridized carbons (Fsp3) is 0.250. The Balaban J connectivity index is 1.66. The molecule has 0 bridgehead atoms. The lowest BCUT2D eigenvalue weighted by Crippen LogP contribution is -2.47. The van der Waals surface area contributed by atoms with E-state index in [-0.39, 0.29) is 17.3 Å². The molecule has 3 aromatic carbocycles. The second-order valence-electron chi connectivity index (χ2n) is 9.43. The molecule has 2 atom stereocenters. The standard InChI is InChI=1S/C28H30FN2O2Si/c1-28(2,3)26(33-34(23-10-6-4-7-11-23)24-12-8-5-9-13-24)27-30-18-19-31(27)20-25(32)21-14-16-22(29)17-15-21/h4-19,25-26,32H,20H2,1-3H3. The first-order valence-electron chi connectivity index (χ1n) is 11.4. The summed E-state index contributed by atoms with van der Waals surface area (Å²) < 4.78 is 22.2. The number of rotatable bonds is 8. The predicted molar refractivity (Wildman–Crippen MR) is 135 cm³/mol. The Bertz CT molecular complexity index is 1140. The summed E-state index contributed by atoms with van der Waals surface area (Å²) in [5.74, 6) is 0.444. The number of aromatic nitrogens is 2. The minimum Gasteiger partial charge on any atom is -0.396 e. The molecule has 1 aromatic heterocycles. The van der Waals surface area contributed by atoms with Crippen molar-refractivity contribution in [1.29, 1.82) is 0 Å². The molecule has 34 heavy (non-hydrogen) atoms. The van der Waals surface area contributed by atoms with E-state index in [9.17, 15) is 9.50 Å². The fourth-order valence-electron chi connectivity index (χ4n) is 3.91. The minimum atomic E-state index is -1.56. The van der Waals surface area contributed by atoms with Gasteiger partial charge in [0.05, 0.1) is 12.6 Å². The van der Waals surface area contributed by atoms with Gasteiger partial charge in [-0.05, 0) is 33.5 Å². The molecule has 4 nitrogen and oxygen atoms in total. The van der Waals surface area contributed by atoms with E-state index < -0.39 is 15.1 Å². The van der Waals surface area contributed by atoms with Crippen molar-refractivity contribution >= 4 is 19.4 Å². The summed E-state index contributed by atoms with van der Waals surface area (Å²) in [5, 5.41) is 13.2. The van der Waals surface area contributed by atoms with E-state index >= 15 is 0 Å². The molecule has 0 aliphatic rings. The third-order valence-electron chi connectivity index (χ3n) is 5.70. The van der Waals surface area contributed by atoms with E-state index in [1.54, 1.807) is 18.3 Å². The first kappa shape index (κ1) is 24.1. The van der Waals surface area contributed by atoms with Crippen molar-refractivity contribution in [3.05, 3.63) is 115 Å². The van der Waals surface area contributed by atoms with Gasteiger partial charge in [0.25, 0.3) is 9.04 Å². The van der Waals surface area contributed by atoms with Gasteiger partial charge in [-0.1, -0.05) is 93.6 Å². The Morgan fingerprint density at radius 2 is 1.47 bits per heavy atom. The van der Waals surface area contributed by atoms with Crippen LogP contribution in [0, 0.1) is 11.2 Å². The molecular weight excluding hydrogens is 443 g/mol. The van der Waals surface area contributed by atoms with Gasteiger partial charge in [0.15, 0.2) is 0 Å². The minimum absolute atomic E-state index is 0.247. The Hall–Kier alpha value is -3.06. The number of aliphatic hydroxyl groups excluding tert-OH is 1. The number of aliphatic hydroxyl groups is 1. The molecule has 2 unspecified atom stereocenters. The molecule has 1 N–H and O–H groups in total. The average molecular weight is 474 g/mol. The van der Waals surface area contributed by atoms with Crippen LogP contribution < -0.4 is 10.4 Å². The zero-order chi connectivity index (χ0) is 24.1. The summed E-state index contributed by atoms with van der Waals surface area (Å²) in [4.78, 5) is 4.67. The molecule has 1 radical (unpaired) electrons. The lowest BCUT2D eigenvalue weighted by Gasteiger charge is -2.34. The summed E-state index contributed by atoms with van der Waals surface area (Å²) in [7, 11) is -1.56. The van der Waals surface area contributed by atoms with Crippen LogP contribution in [0.2, 0.25) is 0 Å². The number of imidazole rings is 1. The van der Waals surface area contributed by atoms with Crippen LogP contribution in [0.3, 0.4) is 0 Å². The van der Waals surface area contributed by atoms with Crippen LogP contribution in [-0.4, -0.2) is 23.7 Å². The summed E-state index contributed by atoms with van der Waals surface area (Å²) in [5.41, 5.74) is 0.413. The highest BCUT2D eigenvalue weighted by Gasteiger charge is 2.35. The second-order valence-corrected chi connectivity index (χ2v) is 11.5. The molecule has 6 heteroatoms. The first-order chi connectivity index (χ1) is 16.3. The van der Waals surface area contributed by atoms with E-state index in [0.29, 0.717) is 12.1 Å². The molecular formula is C28H30FN2O2Si. The van der Waals surface area contributed by atoms with Gasteiger partial charge in [0, 0.05) is 12.4 Å². The van der Waals surface area contributed by atoms with Crippen LogP contribution >= 0.6 is 0 Å². The summed E-state index contributed by atoms with van der Waals surface area (Å²) in [6, 6.07) is 26.6. The Morgan fingerprint density at radius 1 is 0.912 bits per heavy atom. The molecule has 0 fully saturated rings. The molecule has 175 valence electrons. The maximum Gasteiger partial charge on any atom is 0.283 e. The van der Waals surface area contributed by atoms with Crippen LogP contribution in [0.15, 0.2) is 97.3 Å². The smallest absolute Gasteiger partial charge is 0.283 e. The summed E-state index contributed by atoms with van der Waals surface area (Å²) in [6.07, 6.45) is 2.51. The van der Waals surface area contributed by atoms with Gasteiger partial charge in [-0.3, -0.25) is 0 Å². The quantitative estimate of drug-likeness (QED) is 0.379. The maximum atomic E-state index is 13.3. The molecule has 0 amide bonds.